The first kappa shape index (κ1) is 19.4. The Kier molecular flexibility index (Phi) is 4.34. The first-order chi connectivity index (χ1) is 16.1. The Morgan fingerprint density at radius 1 is 0.970 bits per heavy atom. The number of fused-ring (bicyclic) bond motifs is 4. The number of para-hydroxylation sites is 3. The summed E-state index contributed by atoms with van der Waals surface area (Å²) in [6.07, 6.45) is 3.94. The van der Waals surface area contributed by atoms with Crippen LogP contribution in [0.1, 0.15) is 11.1 Å². The molecule has 3 aromatic carbocycles. The third-order valence-electron chi connectivity index (χ3n) is 5.75. The summed E-state index contributed by atoms with van der Waals surface area (Å²) >= 11 is 1.38. The molecule has 0 saturated heterocycles. The highest BCUT2D eigenvalue weighted by atomic mass is 32.1. The van der Waals surface area contributed by atoms with Gasteiger partial charge in [-0.05, 0) is 29.8 Å². The zero-order valence-electron chi connectivity index (χ0n) is 17.2. The van der Waals surface area contributed by atoms with Gasteiger partial charge in [0.05, 0.1) is 20.5 Å². The molecular weight excluding hydrogens is 436 g/mol. The maximum atomic E-state index is 13.2. The second kappa shape index (κ2) is 7.39. The van der Waals surface area contributed by atoms with Gasteiger partial charge in [-0.25, -0.2) is 9.38 Å². The maximum absolute atomic E-state index is 13.2. The third kappa shape index (κ3) is 3.19. The van der Waals surface area contributed by atoms with Crippen LogP contribution in [0, 0.1) is 10.1 Å². The van der Waals surface area contributed by atoms with Crippen molar-refractivity contribution < 1.29 is 4.92 Å². The fourth-order valence-electron chi connectivity index (χ4n) is 4.19. The lowest BCUT2D eigenvalue weighted by atomic mass is 10.1. The number of imidazole rings is 1. The molecule has 0 aliphatic rings. The molecule has 0 aliphatic heterocycles. The quantitative estimate of drug-likeness (QED) is 0.294. The summed E-state index contributed by atoms with van der Waals surface area (Å²) in [7, 11) is 0. The van der Waals surface area contributed by atoms with Crippen molar-refractivity contribution in [3.63, 3.8) is 0 Å². The molecule has 160 valence electrons. The maximum Gasteiger partial charge on any atom is 0.274 e. The van der Waals surface area contributed by atoms with Crippen molar-refractivity contribution in [1.82, 2.24) is 14.0 Å². The van der Waals surface area contributed by atoms with Crippen molar-refractivity contribution in [3.05, 3.63) is 115 Å². The van der Waals surface area contributed by atoms with Crippen LogP contribution in [0.25, 0.3) is 33.0 Å². The van der Waals surface area contributed by atoms with Gasteiger partial charge in [-0.1, -0.05) is 53.8 Å². The average Bonchev–Trinajstić information content (AvgIpc) is 3.46. The molecule has 3 aromatic heterocycles. The van der Waals surface area contributed by atoms with E-state index >= 15 is 0 Å². The van der Waals surface area contributed by atoms with Crippen molar-refractivity contribution in [3.8, 4) is 0 Å². The Labute approximate surface area is 190 Å². The number of non-ortho nitro benzene ring substituents is 1. The molecule has 0 saturated carbocycles. The number of nitro benzene ring substituents is 1. The molecule has 0 amide bonds. The molecule has 0 N–H and O–H groups in total. The van der Waals surface area contributed by atoms with E-state index in [0.717, 1.165) is 33.1 Å². The molecule has 6 aromatic rings. The van der Waals surface area contributed by atoms with Crippen LogP contribution in [-0.4, -0.2) is 18.9 Å². The molecular formula is C25H16N4O3S. The van der Waals surface area contributed by atoms with E-state index in [1.807, 2.05) is 60.8 Å². The van der Waals surface area contributed by atoms with Gasteiger partial charge in [-0.15, -0.1) is 0 Å². The van der Waals surface area contributed by atoms with Crippen LogP contribution >= 0.6 is 11.3 Å². The van der Waals surface area contributed by atoms with E-state index in [9.17, 15) is 14.9 Å². The lowest BCUT2D eigenvalue weighted by Crippen LogP contribution is -2.22. The SMILES string of the molecule is O=c1/c(=C/c2cn(Cc3ccc([N+](=O)[O-])cc3)c3ccccc23)sc2nc3ccccc3n12. The van der Waals surface area contributed by atoms with Gasteiger partial charge < -0.3 is 4.57 Å². The summed E-state index contributed by atoms with van der Waals surface area (Å²) in [5.41, 5.74) is 4.55. The van der Waals surface area contributed by atoms with Crippen LogP contribution in [0.3, 0.4) is 0 Å². The minimum atomic E-state index is -0.399. The number of aromatic nitrogens is 3. The second-order valence-corrected chi connectivity index (χ2v) is 8.80. The standard InChI is InChI=1S/C25H16N4O3S/c30-24-23(33-25-26-20-6-2-4-8-22(20)28(24)25)13-17-15-27(21-7-3-1-5-19(17)21)14-16-9-11-18(12-10-16)29(31)32/h1-13,15H,14H2/b23-13-. The van der Waals surface area contributed by atoms with Crippen molar-refractivity contribution in [2.75, 3.05) is 0 Å². The van der Waals surface area contributed by atoms with E-state index in [0.29, 0.717) is 16.0 Å². The van der Waals surface area contributed by atoms with Gasteiger partial charge in [0.1, 0.15) is 0 Å². The summed E-state index contributed by atoms with van der Waals surface area (Å²) in [4.78, 5) is 29.0. The van der Waals surface area contributed by atoms with E-state index in [-0.39, 0.29) is 11.2 Å². The summed E-state index contributed by atoms with van der Waals surface area (Å²) < 4.78 is 4.39. The Balaban J connectivity index is 1.47. The van der Waals surface area contributed by atoms with E-state index < -0.39 is 4.92 Å². The van der Waals surface area contributed by atoms with Crippen molar-refractivity contribution >= 4 is 50.0 Å². The highest BCUT2D eigenvalue weighted by Gasteiger charge is 2.13. The first-order valence-electron chi connectivity index (χ1n) is 10.3. The van der Waals surface area contributed by atoms with Gasteiger partial charge in [0.2, 0.25) is 0 Å². The number of hydrogen-bond acceptors (Lipinski definition) is 5. The summed E-state index contributed by atoms with van der Waals surface area (Å²) in [6.45, 7) is 0.564. The molecule has 6 rings (SSSR count). The van der Waals surface area contributed by atoms with Crippen LogP contribution in [0.5, 0.6) is 0 Å². The van der Waals surface area contributed by atoms with Crippen LogP contribution in [-0.2, 0) is 6.54 Å². The fourth-order valence-corrected chi connectivity index (χ4v) is 5.17. The average molecular weight is 452 g/mol. The number of hydrogen-bond donors (Lipinski definition) is 0. The van der Waals surface area contributed by atoms with Crippen LogP contribution < -0.4 is 10.1 Å². The van der Waals surface area contributed by atoms with Crippen LogP contribution in [0.15, 0.2) is 83.8 Å². The van der Waals surface area contributed by atoms with Crippen molar-refractivity contribution in [1.29, 1.82) is 0 Å². The molecule has 0 radical (unpaired) electrons. The summed E-state index contributed by atoms with van der Waals surface area (Å²) in [6, 6.07) is 22.2. The molecule has 3 heterocycles. The fraction of sp³-hybridized carbons (Fsp3) is 0.0400. The number of thiazole rings is 1. The highest BCUT2D eigenvalue weighted by molar-refractivity contribution is 7.15. The topological polar surface area (TPSA) is 82.4 Å². The molecule has 0 atom stereocenters. The van der Waals surface area contributed by atoms with Gasteiger partial charge in [0.25, 0.3) is 11.2 Å². The van der Waals surface area contributed by atoms with Crippen LogP contribution in [0.2, 0.25) is 0 Å². The van der Waals surface area contributed by atoms with Crippen molar-refractivity contribution in [2.24, 2.45) is 0 Å². The number of benzene rings is 3. The molecule has 0 fully saturated rings. The first-order valence-corrected chi connectivity index (χ1v) is 11.1. The zero-order valence-corrected chi connectivity index (χ0v) is 18.0. The zero-order chi connectivity index (χ0) is 22.5. The smallest absolute Gasteiger partial charge is 0.274 e. The predicted octanol–water partition coefficient (Wildman–Crippen LogP) is 4.37. The van der Waals surface area contributed by atoms with Gasteiger partial charge in [-0.3, -0.25) is 14.9 Å². The molecule has 7 nitrogen and oxygen atoms in total. The molecule has 33 heavy (non-hydrogen) atoms. The molecule has 0 bridgehead atoms. The lowest BCUT2D eigenvalue weighted by Gasteiger charge is -2.05. The van der Waals surface area contributed by atoms with Crippen LogP contribution in [0.4, 0.5) is 5.69 Å². The molecule has 0 aliphatic carbocycles. The largest absolute Gasteiger partial charge is 0.342 e. The predicted molar refractivity (Wildman–Crippen MR) is 130 cm³/mol. The molecule has 0 unspecified atom stereocenters. The summed E-state index contributed by atoms with van der Waals surface area (Å²) in [5, 5.41) is 12.0. The molecule has 0 spiro atoms. The van der Waals surface area contributed by atoms with Crippen molar-refractivity contribution in [2.45, 2.75) is 6.54 Å². The Morgan fingerprint density at radius 3 is 2.48 bits per heavy atom. The number of nitrogens with zero attached hydrogens (tertiary/aromatic N) is 4. The Bertz CT molecular complexity index is 1800. The highest BCUT2D eigenvalue weighted by Crippen LogP contribution is 2.24. The number of nitro groups is 1. The van der Waals surface area contributed by atoms with E-state index in [2.05, 4.69) is 9.55 Å². The van der Waals surface area contributed by atoms with Gasteiger partial charge in [0.15, 0.2) is 4.96 Å². The van der Waals surface area contributed by atoms with E-state index in [4.69, 9.17) is 0 Å². The third-order valence-corrected chi connectivity index (χ3v) is 6.72. The minimum absolute atomic E-state index is 0.0725. The normalized spacial score (nSPS) is 12.3. The van der Waals surface area contributed by atoms with E-state index in [1.54, 1.807) is 16.5 Å². The molecule has 8 heteroatoms. The van der Waals surface area contributed by atoms with Gasteiger partial charge in [0, 0.05) is 41.3 Å². The minimum Gasteiger partial charge on any atom is -0.342 e. The lowest BCUT2D eigenvalue weighted by molar-refractivity contribution is -0.384. The summed E-state index contributed by atoms with van der Waals surface area (Å²) in [5.74, 6) is 0. The van der Waals surface area contributed by atoms with Gasteiger partial charge >= 0.3 is 0 Å². The Hall–Kier alpha value is -4.30. The van der Waals surface area contributed by atoms with Gasteiger partial charge in [-0.2, -0.15) is 0 Å². The van der Waals surface area contributed by atoms with E-state index in [1.165, 1.54) is 23.5 Å². The Morgan fingerprint density at radius 2 is 1.70 bits per heavy atom. The monoisotopic (exact) mass is 452 g/mol. The number of rotatable bonds is 4. The second-order valence-electron chi connectivity index (χ2n) is 7.79.